The molecule has 0 N–H and O–H groups in total. The Hall–Kier alpha value is -3.04. The van der Waals surface area contributed by atoms with Gasteiger partial charge in [-0.2, -0.15) is 0 Å². The molecular weight excluding hydrogens is 446 g/mol. The van der Waals surface area contributed by atoms with Crippen LogP contribution in [0.25, 0.3) is 0 Å². The molecule has 6 heterocycles. The number of amides is 1. The normalized spacial score (nSPS) is 39.6. The van der Waals surface area contributed by atoms with Crippen LogP contribution < -0.4 is 18.9 Å². The van der Waals surface area contributed by atoms with Crippen molar-refractivity contribution in [3.05, 3.63) is 41.5 Å². The van der Waals surface area contributed by atoms with Gasteiger partial charge in [0, 0.05) is 24.4 Å². The van der Waals surface area contributed by atoms with Crippen LogP contribution in [0.15, 0.2) is 35.9 Å². The van der Waals surface area contributed by atoms with Crippen molar-refractivity contribution in [3.8, 4) is 12.0 Å². The zero-order chi connectivity index (χ0) is 23.5. The maximum Gasteiger partial charge on any atom is 0.338 e. The highest BCUT2D eigenvalue weighted by molar-refractivity contribution is 5.99. The van der Waals surface area contributed by atoms with E-state index in [4.69, 9.17) is 24.2 Å². The number of methoxy groups -OCH3 is 2. The van der Waals surface area contributed by atoms with Gasteiger partial charge in [0.2, 0.25) is 5.91 Å². The quantitative estimate of drug-likeness (QED) is 0.497. The maximum absolute atomic E-state index is 13.6. The highest BCUT2D eigenvalue weighted by atomic mass is 16.5. The highest BCUT2D eigenvalue weighted by Crippen LogP contribution is 2.67. The van der Waals surface area contributed by atoms with Gasteiger partial charge in [-0.25, -0.2) is 0 Å². The molecule has 6 aliphatic rings. The number of rotatable bonds is 3. The zero-order valence-electron chi connectivity index (χ0n) is 19.9. The van der Waals surface area contributed by atoms with E-state index in [-0.39, 0.29) is 41.5 Å². The largest absolute Gasteiger partial charge is 0.466 e. The minimum Gasteiger partial charge on any atom is -0.466 e. The van der Waals surface area contributed by atoms with Gasteiger partial charge in [-0.1, -0.05) is 24.3 Å². The lowest BCUT2D eigenvalue weighted by Crippen LogP contribution is -2.73. The number of ether oxygens (including phenoxy) is 3. The molecule has 1 aliphatic carbocycles. The van der Waals surface area contributed by atoms with Gasteiger partial charge in [0.1, 0.15) is 12.6 Å². The molecule has 5 aliphatic heterocycles. The molecule has 35 heavy (non-hydrogen) atoms. The predicted molar refractivity (Wildman–Crippen MR) is 126 cm³/mol. The van der Waals surface area contributed by atoms with Crippen LogP contribution in [0.3, 0.4) is 0 Å². The molecule has 1 spiro atoms. The van der Waals surface area contributed by atoms with E-state index >= 15 is 0 Å². The van der Waals surface area contributed by atoms with Gasteiger partial charge in [0.25, 0.3) is 0 Å². The van der Waals surface area contributed by atoms with Crippen molar-refractivity contribution in [3.63, 3.8) is 0 Å². The molecular formula is C26H28N5O4+. The van der Waals surface area contributed by atoms with Crippen molar-refractivity contribution in [2.45, 2.75) is 42.9 Å². The van der Waals surface area contributed by atoms with Crippen LogP contribution in [0.1, 0.15) is 24.8 Å². The van der Waals surface area contributed by atoms with Crippen LogP contribution in [0.2, 0.25) is 0 Å². The molecule has 2 aromatic rings. The fourth-order valence-electron chi connectivity index (χ4n) is 8.84. The molecule has 1 aromatic carbocycles. The number of piperidine rings is 2. The fourth-order valence-corrected chi connectivity index (χ4v) is 8.84. The third-order valence-electron chi connectivity index (χ3n) is 9.91. The maximum atomic E-state index is 13.6. The second-order valence-corrected chi connectivity index (χ2v) is 10.8. The van der Waals surface area contributed by atoms with Gasteiger partial charge in [-0.15, -0.1) is 15.0 Å². The highest BCUT2D eigenvalue weighted by Gasteiger charge is 2.77. The van der Waals surface area contributed by atoms with Crippen molar-refractivity contribution >= 4 is 17.5 Å². The van der Waals surface area contributed by atoms with Crippen LogP contribution in [0.5, 0.6) is 12.0 Å². The van der Waals surface area contributed by atoms with E-state index in [1.54, 1.807) is 14.2 Å². The lowest BCUT2D eigenvalue weighted by Gasteiger charge is -2.59. The smallest absolute Gasteiger partial charge is 0.338 e. The first kappa shape index (κ1) is 20.2. The molecule has 1 saturated carbocycles. The lowest BCUT2D eigenvalue weighted by molar-refractivity contribution is -0.132. The van der Waals surface area contributed by atoms with Gasteiger partial charge in [-0.3, -0.25) is 9.28 Å². The summed E-state index contributed by atoms with van der Waals surface area (Å²) in [5.74, 6) is 1.61. The predicted octanol–water partition coefficient (Wildman–Crippen LogP) is 2.00. The average Bonchev–Trinajstić information content (AvgIpc) is 3.34. The summed E-state index contributed by atoms with van der Waals surface area (Å²) in [5.41, 5.74) is 3.67. The van der Waals surface area contributed by atoms with Crippen LogP contribution in [-0.4, -0.2) is 73.0 Å². The Morgan fingerprint density at radius 1 is 1.14 bits per heavy atom. The van der Waals surface area contributed by atoms with E-state index in [1.165, 1.54) is 11.1 Å². The van der Waals surface area contributed by atoms with Crippen LogP contribution in [-0.2, 0) is 14.9 Å². The Morgan fingerprint density at radius 3 is 2.74 bits per heavy atom. The minimum absolute atomic E-state index is 0.0207. The van der Waals surface area contributed by atoms with Crippen LogP contribution in [0.4, 0.5) is 11.6 Å². The molecule has 9 nitrogen and oxygen atoms in total. The Bertz CT molecular complexity index is 1290. The summed E-state index contributed by atoms with van der Waals surface area (Å²) >= 11 is 0. The van der Waals surface area contributed by atoms with E-state index in [1.807, 2.05) is 0 Å². The second kappa shape index (κ2) is 6.59. The first-order valence-electron chi connectivity index (χ1n) is 12.5. The fraction of sp³-hybridized carbons (Fsp3) is 0.538. The SMILES string of the molecule is COc1nc(OC)nc([N+]23CC[C@@]45c6ccccc6N6C(=O)C[C@@H]7OCC=C(C2)[C@H](C[C@@H]43)[C@@H]7[C@H]65)n1. The van der Waals surface area contributed by atoms with Crippen LogP contribution >= 0.6 is 0 Å². The third-order valence-corrected chi connectivity index (χ3v) is 9.91. The molecule has 7 atom stereocenters. The zero-order valence-corrected chi connectivity index (χ0v) is 19.9. The molecule has 2 bridgehead atoms. The summed E-state index contributed by atoms with van der Waals surface area (Å²) in [6, 6.07) is 9.48. The number of aromatic nitrogens is 3. The monoisotopic (exact) mass is 474 g/mol. The number of fused-ring (bicyclic) bond motifs is 2. The van der Waals surface area contributed by atoms with E-state index in [0.717, 1.165) is 31.6 Å². The van der Waals surface area contributed by atoms with Gasteiger partial charge >= 0.3 is 18.0 Å². The molecule has 180 valence electrons. The third kappa shape index (κ3) is 2.23. The number of carbonyl (C=O) groups is 1. The Morgan fingerprint density at radius 2 is 1.94 bits per heavy atom. The molecule has 4 fully saturated rings. The summed E-state index contributed by atoms with van der Waals surface area (Å²) < 4.78 is 17.9. The van der Waals surface area contributed by atoms with E-state index < -0.39 is 0 Å². The number of quaternary nitrogens is 1. The van der Waals surface area contributed by atoms with Gasteiger partial charge in [-0.05, 0) is 23.1 Å². The van der Waals surface area contributed by atoms with Crippen molar-refractivity contribution in [1.29, 1.82) is 0 Å². The molecule has 1 unspecified atom stereocenters. The van der Waals surface area contributed by atoms with Gasteiger partial charge < -0.3 is 19.1 Å². The van der Waals surface area contributed by atoms with Crippen molar-refractivity contribution in [2.24, 2.45) is 11.8 Å². The second-order valence-electron chi connectivity index (χ2n) is 10.8. The van der Waals surface area contributed by atoms with E-state index in [0.29, 0.717) is 35.3 Å². The molecule has 1 aromatic heterocycles. The van der Waals surface area contributed by atoms with Gasteiger partial charge in [0.05, 0.1) is 51.4 Å². The average molecular weight is 475 g/mol. The lowest BCUT2D eigenvalue weighted by atomic mass is 9.53. The topological polar surface area (TPSA) is 86.7 Å². The number of hydrogen-bond donors (Lipinski definition) is 0. The summed E-state index contributed by atoms with van der Waals surface area (Å²) in [4.78, 5) is 29.7. The summed E-state index contributed by atoms with van der Waals surface area (Å²) in [7, 11) is 3.15. The van der Waals surface area contributed by atoms with Crippen molar-refractivity contribution in [1.82, 2.24) is 19.4 Å². The molecule has 1 amide bonds. The Balaban J connectivity index is 1.41. The van der Waals surface area contributed by atoms with Gasteiger partial charge in [0.15, 0.2) is 0 Å². The number of nitrogens with zero attached hydrogens (tertiary/aromatic N) is 5. The molecule has 9 heteroatoms. The minimum atomic E-state index is -0.154. The summed E-state index contributed by atoms with van der Waals surface area (Å²) in [6.45, 7) is 2.31. The first-order valence-corrected chi connectivity index (χ1v) is 12.5. The first-order chi connectivity index (χ1) is 17.1. The number of para-hydroxylation sites is 1. The molecule has 8 rings (SSSR count). The van der Waals surface area contributed by atoms with Crippen LogP contribution in [0, 0.1) is 11.8 Å². The number of benzene rings is 1. The summed E-state index contributed by atoms with van der Waals surface area (Å²) in [6.07, 6.45) is 4.74. The summed E-state index contributed by atoms with van der Waals surface area (Å²) in [5, 5.41) is 0. The Kier molecular flexibility index (Phi) is 3.80. The number of anilines is 1. The number of carbonyl (C=O) groups excluding carboxylic acids is 1. The van der Waals surface area contributed by atoms with Crippen molar-refractivity contribution in [2.75, 3.05) is 38.8 Å². The standard InChI is InChI=1S/C26H28N5O4/c1-33-24-27-23(28-25(29-24)34-2)31-9-8-26-16-5-3-4-6-17(16)30-20(32)12-18-21(22(26)30)15(11-19(26)31)14(13-31)7-10-35-18/h3-7,15,18-19,21-22H,8-13H2,1-2H3/q+1/t15-,18-,19-,21-,22-,26+,31?/m0/s1. The van der Waals surface area contributed by atoms with Crippen molar-refractivity contribution < 1.29 is 19.0 Å². The Labute approximate surface area is 203 Å². The molecule has 3 saturated heterocycles. The number of hydrogen-bond acceptors (Lipinski definition) is 7. The molecule has 0 radical (unpaired) electrons. The van der Waals surface area contributed by atoms with E-state index in [9.17, 15) is 4.79 Å². The van der Waals surface area contributed by atoms with E-state index in [2.05, 4.69) is 40.2 Å².